The number of thioether (sulfide) groups is 1. The number of rotatable bonds is 19. The smallest absolute Gasteiger partial charge is 0.315 e. The molecule has 4 amide bonds. The van der Waals surface area contributed by atoms with Crippen LogP contribution in [-0.2, 0) is 9.59 Å². The zero-order chi connectivity index (χ0) is 28.1. The van der Waals surface area contributed by atoms with Gasteiger partial charge < -0.3 is 15.7 Å². The molecule has 4 atom stereocenters. The van der Waals surface area contributed by atoms with Crippen molar-refractivity contribution in [2.24, 2.45) is 0 Å². The monoisotopic (exact) mass is 560 g/mol. The lowest BCUT2D eigenvalue weighted by atomic mass is 10.0. The number of hydrogen-bond acceptors (Lipinski definition) is 5. The van der Waals surface area contributed by atoms with Crippen LogP contribution < -0.4 is 21.5 Å². The van der Waals surface area contributed by atoms with Crippen LogP contribution >= 0.6 is 11.8 Å². The van der Waals surface area contributed by atoms with Crippen LogP contribution in [-0.4, -0.2) is 52.1 Å². The van der Waals surface area contributed by atoms with Crippen molar-refractivity contribution in [3.63, 3.8) is 0 Å². The first-order valence-electron chi connectivity index (χ1n) is 14.6. The summed E-state index contributed by atoms with van der Waals surface area (Å²) in [6.45, 7) is 2.16. The fraction of sp³-hybridized carbons (Fsp3) is 0.633. The van der Waals surface area contributed by atoms with Gasteiger partial charge in [0.25, 0.3) is 0 Å². The number of aliphatic hydroxyl groups excluding tert-OH is 1. The molecule has 0 aromatic rings. The second-order valence-corrected chi connectivity index (χ2v) is 11.4. The standard InChI is InChI=1S/C30H48N4O4S/c1-2-3-13-18-24(35)19-14-11-9-7-5-4-6-8-10-12-15-21-27(36)33-34-28(37)22-17-16-20-26-29-25(23-39-26)31-30(38)32-29/h4-5,8-11,14,19,24-26,29,35H,2-3,6-7,12-13,15-18,20-23H2,1H3,(H,33,36)(H,34,37)(H2,31,32,38)/b5-4-,10-8-,11-9-,19-14+/t24-,25+,26-,29+/m0/s1. The summed E-state index contributed by atoms with van der Waals surface area (Å²) in [4.78, 5) is 35.3. The largest absolute Gasteiger partial charge is 0.389 e. The Hall–Kier alpha value is -2.52. The van der Waals surface area contributed by atoms with Crippen molar-refractivity contribution in [1.82, 2.24) is 21.5 Å². The SMILES string of the molecule is CCCCC[C@H](O)/C=C/C=C\C/C=C\C/C=C\CCCC(=O)NNC(=O)CCCC[C@@H]1SC[C@H]2NC(=O)N[C@@H]12. The van der Waals surface area contributed by atoms with Gasteiger partial charge in [-0.25, -0.2) is 4.79 Å². The average Bonchev–Trinajstić information content (AvgIpc) is 3.47. The molecule has 2 heterocycles. The molecule has 5 N–H and O–H groups in total. The molecule has 0 aromatic carbocycles. The Labute approximate surface area is 238 Å². The second kappa shape index (κ2) is 20.4. The number of urea groups is 1. The van der Waals surface area contributed by atoms with E-state index < -0.39 is 0 Å². The predicted molar refractivity (Wildman–Crippen MR) is 160 cm³/mol. The van der Waals surface area contributed by atoms with E-state index in [1.807, 2.05) is 30.0 Å². The number of unbranched alkanes of at least 4 members (excludes halogenated alkanes) is 4. The second-order valence-electron chi connectivity index (χ2n) is 10.1. The predicted octanol–water partition coefficient (Wildman–Crippen LogP) is 4.98. The molecule has 2 rings (SSSR count). The summed E-state index contributed by atoms with van der Waals surface area (Å²) in [6.07, 6.45) is 26.7. The van der Waals surface area contributed by atoms with Crippen LogP contribution in [0.3, 0.4) is 0 Å². The van der Waals surface area contributed by atoms with Crippen LogP contribution in [0.2, 0.25) is 0 Å². The Kier molecular flexibility index (Phi) is 17.1. The molecule has 0 saturated carbocycles. The summed E-state index contributed by atoms with van der Waals surface area (Å²) >= 11 is 1.88. The molecule has 2 aliphatic rings. The first-order chi connectivity index (χ1) is 19.0. The summed E-state index contributed by atoms with van der Waals surface area (Å²) < 4.78 is 0. The summed E-state index contributed by atoms with van der Waals surface area (Å²) in [7, 11) is 0. The van der Waals surface area contributed by atoms with Gasteiger partial charge in [-0.05, 0) is 44.9 Å². The molecule has 0 bridgehead atoms. The van der Waals surface area contributed by atoms with Crippen LogP contribution in [0.5, 0.6) is 0 Å². The maximum absolute atomic E-state index is 12.0. The average molecular weight is 561 g/mol. The molecular formula is C30H48N4O4S. The van der Waals surface area contributed by atoms with Gasteiger partial charge in [-0.15, -0.1) is 0 Å². The minimum atomic E-state index is -0.348. The molecule has 0 spiro atoms. The van der Waals surface area contributed by atoms with Gasteiger partial charge >= 0.3 is 6.03 Å². The zero-order valence-electron chi connectivity index (χ0n) is 23.4. The van der Waals surface area contributed by atoms with Crippen LogP contribution in [0.1, 0.15) is 90.4 Å². The maximum Gasteiger partial charge on any atom is 0.315 e. The van der Waals surface area contributed by atoms with E-state index in [-0.39, 0.29) is 36.0 Å². The Morgan fingerprint density at radius 1 is 0.949 bits per heavy atom. The van der Waals surface area contributed by atoms with E-state index in [1.54, 1.807) is 0 Å². The lowest BCUT2D eigenvalue weighted by Gasteiger charge is -2.16. The van der Waals surface area contributed by atoms with E-state index in [0.29, 0.717) is 18.1 Å². The van der Waals surface area contributed by atoms with Crippen molar-refractivity contribution in [1.29, 1.82) is 0 Å². The number of allylic oxidation sites excluding steroid dienone is 7. The van der Waals surface area contributed by atoms with Gasteiger partial charge in [0, 0.05) is 23.8 Å². The van der Waals surface area contributed by atoms with E-state index in [4.69, 9.17) is 0 Å². The topological polar surface area (TPSA) is 120 Å². The fourth-order valence-electron chi connectivity index (χ4n) is 4.53. The molecule has 39 heavy (non-hydrogen) atoms. The lowest BCUT2D eigenvalue weighted by molar-refractivity contribution is -0.129. The van der Waals surface area contributed by atoms with Crippen molar-refractivity contribution >= 4 is 29.6 Å². The number of hydrazine groups is 1. The van der Waals surface area contributed by atoms with Gasteiger partial charge in [0.15, 0.2) is 0 Å². The molecule has 0 aromatic heterocycles. The third-order valence-electron chi connectivity index (χ3n) is 6.76. The molecule has 0 radical (unpaired) electrons. The number of fused-ring (bicyclic) bond motifs is 1. The van der Waals surface area contributed by atoms with Crippen LogP contribution in [0.15, 0.2) is 48.6 Å². The highest BCUT2D eigenvalue weighted by atomic mass is 32.2. The number of nitrogens with one attached hydrogen (secondary N) is 4. The van der Waals surface area contributed by atoms with Crippen molar-refractivity contribution in [2.75, 3.05) is 5.75 Å². The highest BCUT2D eigenvalue weighted by molar-refractivity contribution is 8.00. The number of amides is 4. The Morgan fingerprint density at radius 3 is 2.44 bits per heavy atom. The Balaban J connectivity index is 1.39. The number of carbonyl (C=O) groups is 3. The third-order valence-corrected chi connectivity index (χ3v) is 8.27. The van der Waals surface area contributed by atoms with E-state index in [0.717, 1.165) is 63.5 Å². The molecule has 0 unspecified atom stereocenters. The molecule has 218 valence electrons. The van der Waals surface area contributed by atoms with Gasteiger partial charge in [-0.2, -0.15) is 11.8 Å². The van der Waals surface area contributed by atoms with Crippen molar-refractivity contribution in [3.8, 4) is 0 Å². The van der Waals surface area contributed by atoms with Crippen LogP contribution in [0.4, 0.5) is 4.79 Å². The molecule has 8 nitrogen and oxygen atoms in total. The summed E-state index contributed by atoms with van der Waals surface area (Å²) in [5.41, 5.74) is 5.00. The summed E-state index contributed by atoms with van der Waals surface area (Å²) in [5.74, 6) is 0.591. The van der Waals surface area contributed by atoms with Crippen LogP contribution in [0.25, 0.3) is 0 Å². The van der Waals surface area contributed by atoms with Gasteiger partial charge in [-0.1, -0.05) is 81.2 Å². The highest BCUT2D eigenvalue weighted by Crippen LogP contribution is 2.33. The maximum atomic E-state index is 12.0. The summed E-state index contributed by atoms with van der Waals surface area (Å²) in [6, 6.07) is 0.350. The Morgan fingerprint density at radius 2 is 1.67 bits per heavy atom. The van der Waals surface area contributed by atoms with Crippen molar-refractivity contribution < 1.29 is 19.5 Å². The summed E-state index contributed by atoms with van der Waals surface area (Å²) in [5, 5.41) is 16.1. The minimum Gasteiger partial charge on any atom is -0.389 e. The van der Waals surface area contributed by atoms with Gasteiger partial charge in [0.2, 0.25) is 11.8 Å². The van der Waals surface area contributed by atoms with Gasteiger partial charge in [-0.3, -0.25) is 20.4 Å². The van der Waals surface area contributed by atoms with Crippen LogP contribution in [0, 0.1) is 0 Å². The fourth-order valence-corrected chi connectivity index (χ4v) is 6.08. The quantitative estimate of drug-likeness (QED) is 0.0502. The van der Waals surface area contributed by atoms with E-state index in [9.17, 15) is 19.5 Å². The highest BCUT2D eigenvalue weighted by Gasteiger charge is 2.42. The molecule has 0 aliphatic carbocycles. The molecular weight excluding hydrogens is 512 g/mol. The zero-order valence-corrected chi connectivity index (χ0v) is 24.2. The van der Waals surface area contributed by atoms with E-state index in [1.165, 1.54) is 12.8 Å². The number of aliphatic hydroxyl groups is 1. The van der Waals surface area contributed by atoms with Crippen molar-refractivity contribution in [2.45, 2.75) is 114 Å². The Bertz CT molecular complexity index is 858. The van der Waals surface area contributed by atoms with E-state index in [2.05, 4.69) is 58.8 Å². The van der Waals surface area contributed by atoms with Gasteiger partial charge in [0.1, 0.15) is 0 Å². The molecule has 2 aliphatic heterocycles. The van der Waals surface area contributed by atoms with E-state index >= 15 is 0 Å². The number of hydrogen-bond donors (Lipinski definition) is 5. The minimum absolute atomic E-state index is 0.0756. The van der Waals surface area contributed by atoms with Crippen molar-refractivity contribution in [3.05, 3.63) is 48.6 Å². The lowest BCUT2D eigenvalue weighted by Crippen LogP contribution is -2.41. The van der Waals surface area contributed by atoms with Gasteiger partial charge in [0.05, 0.1) is 18.2 Å². The number of carbonyl (C=O) groups excluding carboxylic acids is 3. The molecule has 2 fully saturated rings. The molecule has 9 heteroatoms. The first kappa shape index (κ1) is 32.7. The molecule has 2 saturated heterocycles. The first-order valence-corrected chi connectivity index (χ1v) is 15.6. The third kappa shape index (κ3) is 15.0. The normalized spacial score (nSPS) is 21.6.